The fraction of sp³-hybridized carbons (Fsp3) is 0.214. The summed E-state index contributed by atoms with van der Waals surface area (Å²) in [7, 11) is 1.59. The summed E-state index contributed by atoms with van der Waals surface area (Å²) in [6, 6.07) is 19.2. The molecule has 202 valence electrons. The third-order valence-corrected chi connectivity index (χ3v) is 7.81. The number of fused-ring (bicyclic) bond motifs is 1. The number of hydrazone groups is 1. The number of imide groups is 1. The molecule has 0 unspecified atom stereocenters. The Morgan fingerprint density at radius 2 is 1.80 bits per heavy atom. The highest BCUT2D eigenvalue weighted by Crippen LogP contribution is 2.36. The molecule has 0 saturated carbocycles. The molecule has 0 aliphatic carbocycles. The van der Waals surface area contributed by atoms with E-state index in [9.17, 15) is 14.4 Å². The first-order valence-electron chi connectivity index (χ1n) is 12.4. The van der Waals surface area contributed by atoms with Crippen LogP contribution in [0.15, 0.2) is 92.7 Å². The molecule has 3 amide bonds. The fourth-order valence-electron chi connectivity index (χ4n) is 5.08. The standard InChI is InChI=1S/C28H22BrClN6O4/c1-40-21-11-7-17(8-12-21)23-14-22(16-5-9-19(30)10-6-16)32-36(23)24(37)15-34-26-25(31-33-34)27(38)35(28(26)39)20-4-2-3-18(29)13-20/h2-13,23,25-26H,14-15H2,1H3/t23-,25-,26-/m0/s1. The van der Waals surface area contributed by atoms with Gasteiger partial charge in [-0.25, -0.2) is 9.91 Å². The van der Waals surface area contributed by atoms with Crippen molar-refractivity contribution in [3.63, 3.8) is 0 Å². The molecule has 3 aromatic rings. The number of ether oxygens (including phenoxy) is 1. The summed E-state index contributed by atoms with van der Waals surface area (Å²) in [4.78, 5) is 41.3. The first kappa shape index (κ1) is 26.1. The van der Waals surface area contributed by atoms with E-state index in [0.717, 1.165) is 26.2 Å². The van der Waals surface area contributed by atoms with Crippen LogP contribution in [0, 0.1) is 0 Å². The number of hydrogen-bond donors (Lipinski definition) is 0. The summed E-state index contributed by atoms with van der Waals surface area (Å²) in [5.41, 5.74) is 2.87. The van der Waals surface area contributed by atoms with Crippen molar-refractivity contribution >= 4 is 56.7 Å². The molecule has 0 bridgehead atoms. The zero-order valence-corrected chi connectivity index (χ0v) is 23.5. The summed E-state index contributed by atoms with van der Waals surface area (Å²) < 4.78 is 6.01. The van der Waals surface area contributed by atoms with Gasteiger partial charge in [0, 0.05) is 15.9 Å². The zero-order valence-electron chi connectivity index (χ0n) is 21.1. The van der Waals surface area contributed by atoms with Crippen LogP contribution in [0.4, 0.5) is 5.69 Å². The number of rotatable bonds is 6. The molecule has 10 nitrogen and oxygen atoms in total. The minimum absolute atomic E-state index is 0.278. The summed E-state index contributed by atoms with van der Waals surface area (Å²) in [6.45, 7) is -0.278. The average Bonchev–Trinajstić information content (AvgIpc) is 3.64. The van der Waals surface area contributed by atoms with Gasteiger partial charge in [-0.05, 0) is 53.6 Å². The van der Waals surface area contributed by atoms with Crippen molar-refractivity contribution in [3.05, 3.63) is 93.4 Å². The van der Waals surface area contributed by atoms with Gasteiger partial charge < -0.3 is 4.74 Å². The van der Waals surface area contributed by atoms with E-state index in [1.165, 1.54) is 10.0 Å². The Kier molecular flexibility index (Phi) is 6.85. The molecule has 40 heavy (non-hydrogen) atoms. The molecule has 3 aliphatic rings. The first-order valence-corrected chi connectivity index (χ1v) is 13.6. The Labute approximate surface area is 243 Å². The van der Waals surface area contributed by atoms with Crippen molar-refractivity contribution in [2.24, 2.45) is 15.4 Å². The van der Waals surface area contributed by atoms with Crippen molar-refractivity contribution in [2.45, 2.75) is 24.5 Å². The molecule has 0 spiro atoms. The van der Waals surface area contributed by atoms with Crippen LogP contribution < -0.4 is 9.64 Å². The van der Waals surface area contributed by atoms with E-state index in [1.807, 2.05) is 36.4 Å². The maximum absolute atomic E-state index is 13.7. The Morgan fingerprint density at radius 3 is 2.50 bits per heavy atom. The number of nitrogens with zero attached hydrogens (tertiary/aromatic N) is 6. The van der Waals surface area contributed by atoms with E-state index in [-0.39, 0.29) is 12.5 Å². The van der Waals surface area contributed by atoms with Gasteiger partial charge in [0.05, 0.1) is 24.6 Å². The maximum Gasteiger partial charge on any atom is 0.264 e. The molecule has 3 aromatic carbocycles. The third-order valence-electron chi connectivity index (χ3n) is 7.07. The van der Waals surface area contributed by atoms with E-state index in [4.69, 9.17) is 16.3 Å². The molecule has 0 radical (unpaired) electrons. The fourth-order valence-corrected chi connectivity index (χ4v) is 5.59. The van der Waals surface area contributed by atoms with Gasteiger partial charge in [-0.1, -0.05) is 63.1 Å². The lowest BCUT2D eigenvalue weighted by Crippen LogP contribution is -2.44. The molecule has 0 N–H and O–H groups in total. The van der Waals surface area contributed by atoms with Gasteiger partial charge in [-0.15, -0.1) is 0 Å². The van der Waals surface area contributed by atoms with Crippen molar-refractivity contribution in [3.8, 4) is 5.75 Å². The van der Waals surface area contributed by atoms with Crippen molar-refractivity contribution < 1.29 is 19.1 Å². The Bertz CT molecular complexity index is 1560. The minimum atomic E-state index is -1.01. The van der Waals surface area contributed by atoms with Gasteiger partial charge in [0.25, 0.3) is 17.7 Å². The van der Waals surface area contributed by atoms with Crippen LogP contribution in [-0.4, -0.2) is 59.2 Å². The molecule has 3 aliphatic heterocycles. The number of halogens is 2. The van der Waals surface area contributed by atoms with Crippen LogP contribution in [0.1, 0.15) is 23.6 Å². The molecular formula is C28H22BrClN6O4. The number of hydrogen-bond acceptors (Lipinski definition) is 8. The highest BCUT2D eigenvalue weighted by atomic mass is 79.9. The van der Waals surface area contributed by atoms with Crippen molar-refractivity contribution in [2.75, 3.05) is 18.6 Å². The largest absolute Gasteiger partial charge is 0.497 e. The van der Waals surface area contributed by atoms with Crippen molar-refractivity contribution in [1.29, 1.82) is 0 Å². The van der Waals surface area contributed by atoms with Gasteiger partial charge in [0.15, 0.2) is 12.1 Å². The number of carbonyl (C=O) groups excluding carboxylic acids is 3. The molecule has 6 rings (SSSR count). The van der Waals surface area contributed by atoms with E-state index >= 15 is 0 Å². The monoisotopic (exact) mass is 620 g/mol. The van der Waals surface area contributed by atoms with Crippen LogP contribution in [0.25, 0.3) is 0 Å². The second kappa shape index (κ2) is 10.5. The van der Waals surface area contributed by atoms with Gasteiger partial charge >= 0.3 is 0 Å². The SMILES string of the molecule is COc1ccc([C@@H]2CC(c3ccc(Cl)cc3)=NN2C(=O)CN2N=N[C@@H]3C(=O)N(c4cccc(Br)c4)C(=O)[C@H]32)cc1. The van der Waals surface area contributed by atoms with Crippen LogP contribution in [0.5, 0.6) is 5.75 Å². The summed E-state index contributed by atoms with van der Waals surface area (Å²) >= 11 is 9.44. The third kappa shape index (κ3) is 4.65. The van der Waals surface area contributed by atoms with E-state index in [1.54, 1.807) is 43.5 Å². The molecule has 1 saturated heterocycles. The Hall–Kier alpha value is -4.09. The predicted molar refractivity (Wildman–Crippen MR) is 151 cm³/mol. The highest BCUT2D eigenvalue weighted by Gasteiger charge is 2.55. The molecule has 3 atom stereocenters. The number of amides is 3. The lowest BCUT2D eigenvalue weighted by molar-refractivity contribution is -0.135. The van der Waals surface area contributed by atoms with Crippen molar-refractivity contribution in [1.82, 2.24) is 10.0 Å². The topological polar surface area (TPSA) is 107 Å². The molecule has 12 heteroatoms. The molecular weight excluding hydrogens is 600 g/mol. The number of benzene rings is 3. The first-order chi connectivity index (χ1) is 19.3. The molecule has 1 fully saturated rings. The van der Waals surface area contributed by atoms with E-state index in [0.29, 0.717) is 22.9 Å². The quantitative estimate of drug-likeness (QED) is 0.368. The maximum atomic E-state index is 13.7. The Balaban J connectivity index is 1.26. The highest BCUT2D eigenvalue weighted by molar-refractivity contribution is 9.10. The molecule has 0 aromatic heterocycles. The van der Waals surface area contributed by atoms with E-state index < -0.39 is 29.9 Å². The minimum Gasteiger partial charge on any atom is -0.497 e. The van der Waals surface area contributed by atoms with Gasteiger partial charge in [0.1, 0.15) is 12.3 Å². The zero-order chi connectivity index (χ0) is 28.0. The van der Waals surface area contributed by atoms with Crippen LogP contribution in [0.3, 0.4) is 0 Å². The van der Waals surface area contributed by atoms with Crippen LogP contribution in [0.2, 0.25) is 5.02 Å². The second-order valence-electron chi connectivity index (χ2n) is 9.47. The Morgan fingerprint density at radius 1 is 1.05 bits per heavy atom. The summed E-state index contributed by atoms with van der Waals surface area (Å²) in [6.07, 6.45) is 0.474. The average molecular weight is 622 g/mol. The smallest absolute Gasteiger partial charge is 0.264 e. The van der Waals surface area contributed by atoms with E-state index in [2.05, 4.69) is 31.4 Å². The summed E-state index contributed by atoms with van der Waals surface area (Å²) in [5, 5.41) is 16.1. The number of anilines is 1. The second-order valence-corrected chi connectivity index (χ2v) is 10.8. The lowest BCUT2D eigenvalue weighted by atomic mass is 9.98. The normalized spacial score (nSPS) is 21.7. The number of methoxy groups -OCH3 is 1. The van der Waals surface area contributed by atoms with Gasteiger partial charge in [-0.3, -0.25) is 19.4 Å². The van der Waals surface area contributed by atoms with Gasteiger partial charge in [0.2, 0.25) is 0 Å². The lowest BCUT2D eigenvalue weighted by Gasteiger charge is -2.25. The van der Waals surface area contributed by atoms with Gasteiger partial charge in [-0.2, -0.15) is 10.2 Å². The summed E-state index contributed by atoms with van der Waals surface area (Å²) in [5.74, 6) is -0.650. The predicted octanol–water partition coefficient (Wildman–Crippen LogP) is 4.78. The van der Waals surface area contributed by atoms with Crippen LogP contribution >= 0.6 is 27.5 Å². The number of carbonyl (C=O) groups is 3. The molecule has 3 heterocycles. The van der Waals surface area contributed by atoms with Crippen LogP contribution in [-0.2, 0) is 14.4 Å².